The highest BCUT2D eigenvalue weighted by atomic mass is 15.4. The zero-order chi connectivity index (χ0) is 13.4. The zero-order valence-corrected chi connectivity index (χ0v) is 10.7. The number of fused-ring (bicyclic) bond motifs is 1. The standard InChI is InChI=1S/C14H15N5/c1-9-12(11-4-2-10(8-15)3-5-11)6-7-13-17-14(16)18-19(9)13/h2-5,9,12H,6-7H2,1H3,(H2,16,18). The normalized spacial score (nSPS) is 21.7. The first kappa shape index (κ1) is 11.7. The lowest BCUT2D eigenvalue weighted by molar-refractivity contribution is 0.338. The molecule has 3 rings (SSSR count). The Labute approximate surface area is 111 Å². The Morgan fingerprint density at radius 2 is 2.11 bits per heavy atom. The molecule has 1 aromatic heterocycles. The number of aryl methyl sites for hydroxylation is 1. The molecule has 0 radical (unpaired) electrons. The highest BCUT2D eigenvalue weighted by molar-refractivity contribution is 5.34. The second-order valence-electron chi connectivity index (χ2n) is 4.95. The molecular weight excluding hydrogens is 238 g/mol. The van der Waals surface area contributed by atoms with Gasteiger partial charge in [-0.05, 0) is 31.0 Å². The Morgan fingerprint density at radius 3 is 2.79 bits per heavy atom. The monoisotopic (exact) mass is 253 g/mol. The largest absolute Gasteiger partial charge is 0.366 e. The lowest BCUT2D eigenvalue weighted by Crippen LogP contribution is -2.24. The number of hydrogen-bond donors (Lipinski definition) is 1. The summed E-state index contributed by atoms with van der Waals surface area (Å²) in [5.74, 6) is 1.71. The number of aromatic nitrogens is 3. The third-order valence-corrected chi connectivity index (χ3v) is 3.83. The Balaban J connectivity index is 1.92. The van der Waals surface area contributed by atoms with E-state index >= 15 is 0 Å². The van der Waals surface area contributed by atoms with Crippen molar-refractivity contribution in [2.24, 2.45) is 0 Å². The molecule has 0 aliphatic carbocycles. The van der Waals surface area contributed by atoms with Crippen LogP contribution in [0.5, 0.6) is 0 Å². The van der Waals surface area contributed by atoms with Gasteiger partial charge in [0.05, 0.1) is 17.7 Å². The van der Waals surface area contributed by atoms with E-state index in [4.69, 9.17) is 11.0 Å². The van der Waals surface area contributed by atoms with Gasteiger partial charge in [-0.2, -0.15) is 10.2 Å². The molecule has 2 unspecified atom stereocenters. The number of nitrogens with two attached hydrogens (primary N) is 1. The van der Waals surface area contributed by atoms with E-state index in [2.05, 4.69) is 23.1 Å². The predicted octanol–water partition coefficient (Wildman–Crippen LogP) is 2.02. The van der Waals surface area contributed by atoms with Crippen molar-refractivity contribution in [3.05, 3.63) is 41.2 Å². The van der Waals surface area contributed by atoms with Gasteiger partial charge in [-0.1, -0.05) is 12.1 Å². The van der Waals surface area contributed by atoms with Gasteiger partial charge < -0.3 is 5.73 Å². The summed E-state index contributed by atoms with van der Waals surface area (Å²) in [7, 11) is 0. The summed E-state index contributed by atoms with van der Waals surface area (Å²) in [4.78, 5) is 4.24. The van der Waals surface area contributed by atoms with E-state index in [1.807, 2.05) is 28.9 Å². The highest BCUT2D eigenvalue weighted by Crippen LogP contribution is 2.36. The lowest BCUT2D eigenvalue weighted by atomic mass is 9.85. The molecule has 1 aromatic carbocycles. The molecule has 5 heteroatoms. The summed E-state index contributed by atoms with van der Waals surface area (Å²) in [6, 6.07) is 10.2. The third-order valence-electron chi connectivity index (χ3n) is 3.83. The van der Waals surface area contributed by atoms with Crippen LogP contribution >= 0.6 is 0 Å². The molecule has 1 aliphatic heterocycles. The van der Waals surface area contributed by atoms with Crippen molar-refractivity contribution in [1.29, 1.82) is 5.26 Å². The van der Waals surface area contributed by atoms with Crippen molar-refractivity contribution in [3.8, 4) is 6.07 Å². The van der Waals surface area contributed by atoms with Gasteiger partial charge in [-0.3, -0.25) is 0 Å². The fraction of sp³-hybridized carbons (Fsp3) is 0.357. The van der Waals surface area contributed by atoms with Crippen LogP contribution in [0.15, 0.2) is 24.3 Å². The number of nitrogens with zero attached hydrogens (tertiary/aromatic N) is 4. The van der Waals surface area contributed by atoms with Crippen molar-refractivity contribution in [3.63, 3.8) is 0 Å². The topological polar surface area (TPSA) is 80.5 Å². The summed E-state index contributed by atoms with van der Waals surface area (Å²) in [6.07, 6.45) is 1.92. The van der Waals surface area contributed by atoms with E-state index in [1.54, 1.807) is 0 Å². The molecule has 0 fully saturated rings. The van der Waals surface area contributed by atoms with Crippen LogP contribution in [-0.4, -0.2) is 14.8 Å². The van der Waals surface area contributed by atoms with Crippen LogP contribution < -0.4 is 5.73 Å². The second kappa shape index (κ2) is 4.39. The maximum absolute atomic E-state index is 8.84. The van der Waals surface area contributed by atoms with Crippen molar-refractivity contribution in [2.75, 3.05) is 5.73 Å². The molecule has 96 valence electrons. The molecule has 0 saturated heterocycles. The van der Waals surface area contributed by atoms with Crippen LogP contribution in [0.25, 0.3) is 0 Å². The summed E-state index contributed by atoms with van der Waals surface area (Å²) in [5.41, 5.74) is 7.60. The second-order valence-corrected chi connectivity index (χ2v) is 4.95. The van der Waals surface area contributed by atoms with E-state index < -0.39 is 0 Å². The number of rotatable bonds is 1. The Bertz CT molecular complexity index is 635. The van der Waals surface area contributed by atoms with Gasteiger partial charge in [-0.25, -0.2) is 4.68 Å². The summed E-state index contributed by atoms with van der Waals surface area (Å²) in [5, 5.41) is 13.1. The van der Waals surface area contributed by atoms with Crippen molar-refractivity contribution < 1.29 is 0 Å². The Kier molecular flexibility index (Phi) is 2.71. The van der Waals surface area contributed by atoms with Crippen molar-refractivity contribution in [1.82, 2.24) is 14.8 Å². The smallest absolute Gasteiger partial charge is 0.239 e. The molecule has 2 heterocycles. The van der Waals surface area contributed by atoms with Crippen LogP contribution in [0.1, 0.15) is 42.3 Å². The number of hydrogen-bond acceptors (Lipinski definition) is 4. The molecule has 0 amide bonds. The summed E-state index contributed by atoms with van der Waals surface area (Å²) < 4.78 is 1.93. The zero-order valence-electron chi connectivity index (χ0n) is 10.7. The predicted molar refractivity (Wildman–Crippen MR) is 71.4 cm³/mol. The van der Waals surface area contributed by atoms with E-state index in [0.717, 1.165) is 18.7 Å². The van der Waals surface area contributed by atoms with Crippen LogP contribution in [-0.2, 0) is 6.42 Å². The molecule has 5 nitrogen and oxygen atoms in total. The SMILES string of the molecule is CC1C(c2ccc(C#N)cc2)CCc2nc(N)nn21. The molecule has 1 aliphatic rings. The number of nitrogen functional groups attached to an aromatic ring is 1. The van der Waals surface area contributed by atoms with E-state index in [0.29, 0.717) is 17.4 Å². The first-order valence-electron chi connectivity index (χ1n) is 6.40. The van der Waals surface area contributed by atoms with Gasteiger partial charge in [0, 0.05) is 12.3 Å². The summed E-state index contributed by atoms with van der Waals surface area (Å²) in [6.45, 7) is 2.14. The third kappa shape index (κ3) is 1.95. The van der Waals surface area contributed by atoms with Crippen LogP contribution in [0.2, 0.25) is 0 Å². The summed E-state index contributed by atoms with van der Waals surface area (Å²) >= 11 is 0. The quantitative estimate of drug-likeness (QED) is 0.843. The average molecular weight is 253 g/mol. The molecule has 0 spiro atoms. The van der Waals surface area contributed by atoms with E-state index in [1.165, 1.54) is 5.56 Å². The van der Waals surface area contributed by atoms with Gasteiger partial charge >= 0.3 is 0 Å². The van der Waals surface area contributed by atoms with Crippen LogP contribution in [0.3, 0.4) is 0 Å². The fourth-order valence-corrected chi connectivity index (χ4v) is 2.82. The number of nitriles is 1. The van der Waals surface area contributed by atoms with Gasteiger partial charge in [0.25, 0.3) is 0 Å². The molecule has 19 heavy (non-hydrogen) atoms. The molecule has 0 bridgehead atoms. The molecule has 2 aromatic rings. The van der Waals surface area contributed by atoms with Crippen LogP contribution in [0, 0.1) is 11.3 Å². The Morgan fingerprint density at radius 1 is 1.37 bits per heavy atom. The minimum atomic E-state index is 0.237. The van der Waals surface area contributed by atoms with Gasteiger partial charge in [0.1, 0.15) is 5.82 Å². The van der Waals surface area contributed by atoms with Gasteiger partial charge in [0.15, 0.2) is 0 Å². The number of anilines is 1. The molecule has 0 saturated carbocycles. The lowest BCUT2D eigenvalue weighted by Gasteiger charge is -2.29. The maximum Gasteiger partial charge on any atom is 0.239 e. The van der Waals surface area contributed by atoms with Crippen LogP contribution in [0.4, 0.5) is 5.95 Å². The molecular formula is C14H15N5. The first-order valence-corrected chi connectivity index (χ1v) is 6.40. The van der Waals surface area contributed by atoms with Gasteiger partial charge in [-0.15, -0.1) is 5.10 Å². The number of benzene rings is 1. The fourth-order valence-electron chi connectivity index (χ4n) is 2.82. The van der Waals surface area contributed by atoms with E-state index in [9.17, 15) is 0 Å². The minimum absolute atomic E-state index is 0.237. The van der Waals surface area contributed by atoms with Crippen molar-refractivity contribution in [2.45, 2.75) is 31.7 Å². The van der Waals surface area contributed by atoms with E-state index in [-0.39, 0.29) is 6.04 Å². The van der Waals surface area contributed by atoms with Crippen molar-refractivity contribution >= 4 is 5.95 Å². The average Bonchev–Trinajstić information content (AvgIpc) is 2.81. The first-order chi connectivity index (χ1) is 9.19. The molecule has 2 N–H and O–H groups in total. The highest BCUT2D eigenvalue weighted by Gasteiger charge is 2.29. The Hall–Kier alpha value is -2.35. The molecule has 2 atom stereocenters. The maximum atomic E-state index is 8.84. The minimum Gasteiger partial charge on any atom is -0.366 e. The van der Waals surface area contributed by atoms with Gasteiger partial charge in [0.2, 0.25) is 5.95 Å².